The van der Waals surface area contributed by atoms with Crippen LogP contribution in [0.15, 0.2) is 54.6 Å². The van der Waals surface area contributed by atoms with Crippen molar-refractivity contribution in [1.29, 1.82) is 5.26 Å². The summed E-state index contributed by atoms with van der Waals surface area (Å²) >= 11 is 0. The first-order valence-electron chi connectivity index (χ1n) is 10.0. The van der Waals surface area contributed by atoms with Crippen molar-refractivity contribution >= 4 is 28.8 Å². The third-order valence-corrected chi connectivity index (χ3v) is 4.92. The van der Waals surface area contributed by atoms with Crippen molar-refractivity contribution in [1.82, 2.24) is 0 Å². The average Bonchev–Trinajstić information content (AvgIpc) is 2.79. The van der Waals surface area contributed by atoms with Gasteiger partial charge in [-0.3, -0.25) is 10.1 Å². The maximum atomic E-state index is 13.9. The number of nitrogens with zero attached hydrogens (tertiary/aromatic N) is 3. The van der Waals surface area contributed by atoms with E-state index in [1.807, 2.05) is 6.07 Å². The lowest BCUT2D eigenvalue weighted by Crippen LogP contribution is -2.10. The first-order chi connectivity index (χ1) is 16.5. The summed E-state index contributed by atoms with van der Waals surface area (Å²) in [5.74, 6) is -0.458. The number of anilines is 2. The lowest BCUT2D eigenvalue weighted by atomic mass is 10.0. The Morgan fingerprint density at radius 1 is 1.14 bits per heavy atom. The number of nitro benzene ring substituents is 1. The summed E-state index contributed by atoms with van der Waals surface area (Å²) in [5, 5.41) is 23.0. The van der Waals surface area contributed by atoms with Gasteiger partial charge in [0, 0.05) is 23.9 Å². The second-order valence-corrected chi connectivity index (χ2v) is 7.45. The summed E-state index contributed by atoms with van der Waals surface area (Å²) in [6, 6.07) is 12.4. The molecule has 35 heavy (non-hydrogen) atoms. The van der Waals surface area contributed by atoms with Gasteiger partial charge in [0.05, 0.1) is 17.6 Å². The molecule has 0 aliphatic rings. The second-order valence-electron chi connectivity index (χ2n) is 7.45. The molecule has 0 saturated heterocycles. The van der Waals surface area contributed by atoms with Crippen LogP contribution in [0, 0.1) is 41.9 Å². The predicted octanol–water partition coefficient (Wildman–Crippen LogP) is 7.85. The Balaban J connectivity index is 2.13. The van der Waals surface area contributed by atoms with Crippen molar-refractivity contribution in [2.45, 2.75) is 20.0 Å². The van der Waals surface area contributed by atoms with E-state index in [0.717, 1.165) is 6.07 Å². The van der Waals surface area contributed by atoms with Crippen molar-refractivity contribution < 1.29 is 22.8 Å². The van der Waals surface area contributed by atoms with Crippen LogP contribution in [0.1, 0.15) is 22.3 Å². The highest BCUT2D eigenvalue weighted by atomic mass is 19.4. The molecule has 10 heteroatoms. The summed E-state index contributed by atoms with van der Waals surface area (Å²) in [4.78, 5) is 13.9. The number of nitrogens with one attached hydrogen (secondary N) is 1. The lowest BCUT2D eigenvalue weighted by molar-refractivity contribution is -0.384. The number of hydrogen-bond donors (Lipinski definition) is 1. The van der Waals surface area contributed by atoms with Gasteiger partial charge in [0.1, 0.15) is 22.7 Å². The monoisotopic (exact) mass is 478 g/mol. The number of halogens is 3. The van der Waals surface area contributed by atoms with Gasteiger partial charge in [0.2, 0.25) is 0 Å². The van der Waals surface area contributed by atoms with Gasteiger partial charge in [-0.25, -0.2) is 4.85 Å². The SMILES string of the molecule is [C-]#[N+]c1ccc(Nc2cc(Oc3c(C)cc(/C=C/C#N)cc3C)c(C(F)(F)F)cc2[N+](=O)[O-])cc1. The molecule has 3 aromatic rings. The summed E-state index contributed by atoms with van der Waals surface area (Å²) in [5.41, 5.74) is 0.0651. The van der Waals surface area contributed by atoms with Crippen molar-refractivity contribution in [3.63, 3.8) is 0 Å². The smallest absolute Gasteiger partial charge is 0.420 e. The predicted molar refractivity (Wildman–Crippen MR) is 125 cm³/mol. The Labute approximate surface area is 198 Å². The van der Waals surface area contributed by atoms with Crippen LogP contribution in [0.3, 0.4) is 0 Å². The third kappa shape index (κ3) is 5.75. The van der Waals surface area contributed by atoms with Gasteiger partial charge in [0.15, 0.2) is 5.69 Å². The molecule has 0 aliphatic heterocycles. The molecule has 0 aliphatic carbocycles. The molecular weight excluding hydrogens is 461 g/mol. The molecule has 0 spiro atoms. The topological polar surface area (TPSA) is 92.5 Å². The molecule has 1 N–H and O–H groups in total. The van der Waals surface area contributed by atoms with Gasteiger partial charge in [0.25, 0.3) is 5.69 Å². The van der Waals surface area contributed by atoms with Gasteiger partial charge in [-0.2, -0.15) is 18.4 Å². The fourth-order valence-electron chi connectivity index (χ4n) is 3.38. The maximum absolute atomic E-state index is 13.9. The fraction of sp³-hybridized carbons (Fsp3) is 0.120. The van der Waals surface area contributed by atoms with Crippen LogP contribution >= 0.6 is 0 Å². The van der Waals surface area contributed by atoms with Crippen LogP contribution < -0.4 is 10.1 Å². The summed E-state index contributed by atoms with van der Waals surface area (Å²) in [6.45, 7) is 10.3. The van der Waals surface area contributed by atoms with E-state index in [1.165, 1.54) is 30.3 Å². The number of benzene rings is 3. The molecule has 3 aromatic carbocycles. The molecule has 0 heterocycles. The van der Waals surface area contributed by atoms with E-state index in [1.54, 1.807) is 32.1 Å². The Hall–Kier alpha value is -4.83. The van der Waals surface area contributed by atoms with Crippen molar-refractivity contribution in [3.8, 4) is 17.6 Å². The standard InChI is InChI=1S/C25H17F3N4O3/c1-15-11-17(5-4-10-29)12-16(2)24(15)35-23-14-21(31-19-8-6-18(30-3)7-9-19)22(32(33)34)13-20(23)25(26,27)28/h4-9,11-14,31H,1-2H3/b5-4+. The van der Waals surface area contributed by atoms with E-state index >= 15 is 0 Å². The van der Waals surface area contributed by atoms with Crippen molar-refractivity contribution in [2.75, 3.05) is 5.32 Å². The van der Waals surface area contributed by atoms with Gasteiger partial charge >= 0.3 is 6.18 Å². The minimum atomic E-state index is -4.92. The molecule has 0 saturated carbocycles. The molecule has 7 nitrogen and oxygen atoms in total. The molecular formula is C25H17F3N4O3. The first kappa shape index (κ1) is 24.8. The van der Waals surface area contributed by atoms with Crippen LogP contribution in [-0.4, -0.2) is 4.92 Å². The van der Waals surface area contributed by atoms with Gasteiger partial charge in [-0.05, 0) is 60.9 Å². The molecule has 0 amide bonds. The number of nitriles is 1. The fourth-order valence-corrected chi connectivity index (χ4v) is 3.38. The Bertz CT molecular complexity index is 1380. The summed E-state index contributed by atoms with van der Waals surface area (Å²) < 4.78 is 47.2. The van der Waals surface area contributed by atoms with Crippen LogP contribution in [-0.2, 0) is 6.18 Å². The van der Waals surface area contributed by atoms with Crippen LogP contribution in [0.4, 0.5) is 35.9 Å². The molecule has 0 aromatic heterocycles. The van der Waals surface area contributed by atoms with E-state index in [-0.39, 0.29) is 11.4 Å². The zero-order chi connectivity index (χ0) is 25.8. The number of nitro groups is 1. The summed E-state index contributed by atoms with van der Waals surface area (Å²) in [6.07, 6.45) is -2.10. The van der Waals surface area contributed by atoms with Crippen LogP contribution in [0.5, 0.6) is 11.5 Å². The highest BCUT2D eigenvalue weighted by Crippen LogP contribution is 2.45. The number of hydrogen-bond acceptors (Lipinski definition) is 5. The number of allylic oxidation sites excluding steroid dienone is 1. The third-order valence-electron chi connectivity index (χ3n) is 4.92. The van der Waals surface area contributed by atoms with Crippen molar-refractivity contribution in [3.05, 3.63) is 98.4 Å². The highest BCUT2D eigenvalue weighted by molar-refractivity contribution is 5.74. The largest absolute Gasteiger partial charge is 0.456 e. The Kier molecular flexibility index (Phi) is 7.07. The number of ether oxygens (including phenoxy) is 1. The molecule has 0 radical (unpaired) electrons. The normalized spacial score (nSPS) is 11.1. The van der Waals surface area contributed by atoms with Gasteiger partial charge in [-0.1, -0.05) is 12.1 Å². The quantitative estimate of drug-likeness (QED) is 0.169. The van der Waals surface area contributed by atoms with E-state index in [9.17, 15) is 23.3 Å². The maximum Gasteiger partial charge on any atom is 0.420 e. The van der Waals surface area contributed by atoms with Gasteiger partial charge < -0.3 is 10.1 Å². The average molecular weight is 478 g/mol. The van der Waals surface area contributed by atoms with E-state index in [4.69, 9.17) is 16.6 Å². The van der Waals surface area contributed by atoms with Gasteiger partial charge in [-0.15, -0.1) is 0 Å². The Morgan fingerprint density at radius 2 is 1.77 bits per heavy atom. The number of aryl methyl sites for hydroxylation is 2. The zero-order valence-electron chi connectivity index (χ0n) is 18.5. The summed E-state index contributed by atoms with van der Waals surface area (Å²) in [7, 11) is 0. The molecule has 0 unspecified atom stereocenters. The highest BCUT2D eigenvalue weighted by Gasteiger charge is 2.38. The van der Waals surface area contributed by atoms with E-state index in [0.29, 0.717) is 34.1 Å². The lowest BCUT2D eigenvalue weighted by Gasteiger charge is -2.19. The Morgan fingerprint density at radius 3 is 2.29 bits per heavy atom. The molecule has 0 bridgehead atoms. The van der Waals surface area contributed by atoms with E-state index in [2.05, 4.69) is 10.2 Å². The number of rotatable bonds is 6. The second kappa shape index (κ2) is 9.98. The minimum Gasteiger partial charge on any atom is -0.456 e. The molecule has 0 atom stereocenters. The van der Waals surface area contributed by atoms with Crippen LogP contribution in [0.25, 0.3) is 10.9 Å². The van der Waals surface area contributed by atoms with E-state index < -0.39 is 28.1 Å². The molecule has 3 rings (SSSR count). The van der Waals surface area contributed by atoms with Crippen molar-refractivity contribution in [2.24, 2.45) is 0 Å². The first-order valence-corrected chi connectivity index (χ1v) is 10.0. The number of alkyl halides is 3. The van der Waals surface area contributed by atoms with Crippen LogP contribution in [0.2, 0.25) is 0 Å². The molecule has 0 fully saturated rings. The minimum absolute atomic E-state index is 0.158. The zero-order valence-corrected chi connectivity index (χ0v) is 18.5. The molecule has 176 valence electrons.